The van der Waals surface area contributed by atoms with Crippen LogP contribution in [0.4, 0.5) is 5.69 Å². The molecule has 0 aliphatic rings. The quantitative estimate of drug-likeness (QED) is 0.679. The maximum Gasteiger partial charge on any atom is 0.243 e. The summed E-state index contributed by atoms with van der Waals surface area (Å²) in [5.41, 5.74) is 4.20. The van der Waals surface area contributed by atoms with Gasteiger partial charge in [0.15, 0.2) is 0 Å². The molecule has 0 radical (unpaired) electrons. The van der Waals surface area contributed by atoms with Gasteiger partial charge in [0, 0.05) is 25.3 Å². The van der Waals surface area contributed by atoms with Crippen LogP contribution in [-0.4, -0.2) is 50.2 Å². The minimum Gasteiger partial charge on any atom is -0.325 e. The molecular weight excluding hydrogens is 386 g/mol. The van der Waals surface area contributed by atoms with E-state index in [0.29, 0.717) is 25.3 Å². The highest BCUT2D eigenvalue weighted by atomic mass is 32.2. The smallest absolute Gasteiger partial charge is 0.243 e. The maximum atomic E-state index is 12.5. The van der Waals surface area contributed by atoms with Gasteiger partial charge in [0.2, 0.25) is 15.9 Å². The number of hydrogen-bond acceptors (Lipinski definition) is 4. The molecule has 6 nitrogen and oxygen atoms in total. The first-order chi connectivity index (χ1) is 13.7. The highest BCUT2D eigenvalue weighted by Crippen LogP contribution is 2.18. The molecular formula is C22H31N3O3S. The second-order valence-electron chi connectivity index (χ2n) is 7.26. The van der Waals surface area contributed by atoms with Crippen molar-refractivity contribution >= 4 is 21.6 Å². The Morgan fingerprint density at radius 3 is 2.17 bits per heavy atom. The van der Waals surface area contributed by atoms with E-state index in [4.69, 9.17) is 0 Å². The minimum absolute atomic E-state index is 0.142. The van der Waals surface area contributed by atoms with Crippen LogP contribution in [0.25, 0.3) is 0 Å². The number of carbonyl (C=O) groups is 1. The van der Waals surface area contributed by atoms with Crippen molar-refractivity contribution in [3.8, 4) is 0 Å². The Morgan fingerprint density at radius 1 is 1.00 bits per heavy atom. The van der Waals surface area contributed by atoms with Crippen LogP contribution >= 0.6 is 0 Å². The lowest BCUT2D eigenvalue weighted by atomic mass is 10.1. The van der Waals surface area contributed by atoms with E-state index in [1.807, 2.05) is 25.8 Å². The van der Waals surface area contributed by atoms with Gasteiger partial charge in [-0.15, -0.1) is 0 Å². The molecule has 1 N–H and O–H groups in total. The molecule has 158 valence electrons. The van der Waals surface area contributed by atoms with Crippen molar-refractivity contribution in [3.05, 3.63) is 59.2 Å². The Labute approximate surface area is 174 Å². The van der Waals surface area contributed by atoms with Crippen LogP contribution in [-0.2, 0) is 21.4 Å². The Balaban J connectivity index is 1.97. The van der Waals surface area contributed by atoms with Crippen molar-refractivity contribution in [3.63, 3.8) is 0 Å². The van der Waals surface area contributed by atoms with Crippen LogP contribution in [0.2, 0.25) is 0 Å². The maximum absolute atomic E-state index is 12.5. The fourth-order valence-corrected chi connectivity index (χ4v) is 4.70. The van der Waals surface area contributed by atoms with Crippen molar-refractivity contribution in [2.75, 3.05) is 32.0 Å². The lowest BCUT2D eigenvalue weighted by molar-refractivity contribution is -0.117. The normalized spacial score (nSPS) is 11.8. The fourth-order valence-electron chi connectivity index (χ4n) is 3.24. The van der Waals surface area contributed by atoms with Crippen molar-refractivity contribution < 1.29 is 13.2 Å². The number of carbonyl (C=O) groups excluding carboxylic acids is 1. The molecule has 0 fully saturated rings. The molecule has 0 saturated carbocycles. The summed E-state index contributed by atoms with van der Waals surface area (Å²) >= 11 is 0. The summed E-state index contributed by atoms with van der Waals surface area (Å²) in [6, 6.07) is 12.6. The standard InChI is InChI=1S/C22H31N3O3S/c1-6-25(7-2)29(27,28)21-12-10-20(11-13-21)23-22(26)16-24(5)15-19-9-8-17(3)14-18(19)4/h8-14H,6-7,15-16H2,1-5H3,(H,23,26). The minimum atomic E-state index is -3.49. The molecule has 2 aromatic carbocycles. The van der Waals surface area contributed by atoms with Gasteiger partial charge in [0.05, 0.1) is 11.4 Å². The number of benzene rings is 2. The van der Waals surface area contributed by atoms with E-state index in [0.717, 1.165) is 0 Å². The van der Waals surface area contributed by atoms with Crippen molar-refractivity contribution in [1.29, 1.82) is 0 Å². The first kappa shape index (κ1) is 23.1. The molecule has 0 aliphatic carbocycles. The van der Waals surface area contributed by atoms with E-state index >= 15 is 0 Å². The monoisotopic (exact) mass is 417 g/mol. The largest absolute Gasteiger partial charge is 0.325 e. The first-order valence-electron chi connectivity index (χ1n) is 9.82. The zero-order valence-corrected chi connectivity index (χ0v) is 18.7. The van der Waals surface area contributed by atoms with Crippen LogP contribution in [0.3, 0.4) is 0 Å². The lowest BCUT2D eigenvalue weighted by Gasteiger charge is -2.19. The summed E-state index contributed by atoms with van der Waals surface area (Å²) in [6.07, 6.45) is 0. The van der Waals surface area contributed by atoms with Crippen LogP contribution < -0.4 is 5.32 Å². The van der Waals surface area contributed by atoms with E-state index < -0.39 is 10.0 Å². The summed E-state index contributed by atoms with van der Waals surface area (Å²) < 4.78 is 26.5. The number of aryl methyl sites for hydroxylation is 2. The summed E-state index contributed by atoms with van der Waals surface area (Å²) in [4.78, 5) is 14.5. The topological polar surface area (TPSA) is 69.7 Å². The van der Waals surface area contributed by atoms with Gasteiger partial charge >= 0.3 is 0 Å². The second-order valence-corrected chi connectivity index (χ2v) is 9.20. The molecule has 7 heteroatoms. The number of nitrogens with one attached hydrogen (secondary N) is 1. The van der Waals surface area contributed by atoms with E-state index in [2.05, 4.69) is 37.4 Å². The molecule has 1 amide bonds. The number of amides is 1. The average Bonchev–Trinajstić information content (AvgIpc) is 2.65. The summed E-state index contributed by atoms with van der Waals surface area (Å²) in [5.74, 6) is -0.142. The SMILES string of the molecule is CCN(CC)S(=O)(=O)c1ccc(NC(=O)CN(C)Cc2ccc(C)cc2C)cc1. The van der Waals surface area contributed by atoms with Crippen molar-refractivity contribution in [2.24, 2.45) is 0 Å². The van der Waals surface area contributed by atoms with Crippen LogP contribution in [0, 0.1) is 13.8 Å². The Bertz CT molecular complexity index is 936. The number of rotatable bonds is 9. The van der Waals surface area contributed by atoms with E-state index in [-0.39, 0.29) is 17.3 Å². The molecule has 0 bridgehead atoms. The number of nitrogens with zero attached hydrogens (tertiary/aromatic N) is 2. The average molecular weight is 418 g/mol. The summed E-state index contributed by atoms with van der Waals surface area (Å²) in [6.45, 7) is 9.52. The Hall–Kier alpha value is -2.22. The molecule has 0 aliphatic heterocycles. The third kappa shape index (κ3) is 6.13. The predicted octanol–water partition coefficient (Wildman–Crippen LogP) is 3.40. The van der Waals surface area contributed by atoms with Crippen LogP contribution in [0.15, 0.2) is 47.4 Å². The van der Waals surface area contributed by atoms with Gasteiger partial charge in [-0.1, -0.05) is 37.6 Å². The molecule has 0 unspecified atom stereocenters. The van der Waals surface area contributed by atoms with Crippen LogP contribution in [0.1, 0.15) is 30.5 Å². The van der Waals surface area contributed by atoms with Gasteiger partial charge in [0.25, 0.3) is 0 Å². The highest BCUT2D eigenvalue weighted by molar-refractivity contribution is 7.89. The zero-order valence-electron chi connectivity index (χ0n) is 17.9. The van der Waals surface area contributed by atoms with E-state index in [9.17, 15) is 13.2 Å². The molecule has 0 saturated heterocycles. The molecule has 2 rings (SSSR count). The lowest BCUT2D eigenvalue weighted by Crippen LogP contribution is -2.31. The first-order valence-corrected chi connectivity index (χ1v) is 11.3. The molecule has 0 heterocycles. The molecule has 0 atom stereocenters. The number of hydrogen-bond donors (Lipinski definition) is 1. The molecule has 29 heavy (non-hydrogen) atoms. The van der Waals surface area contributed by atoms with Gasteiger partial charge in [-0.2, -0.15) is 4.31 Å². The van der Waals surface area contributed by atoms with Crippen molar-refractivity contribution in [1.82, 2.24) is 9.21 Å². The molecule has 2 aromatic rings. The Morgan fingerprint density at radius 2 is 1.62 bits per heavy atom. The third-order valence-electron chi connectivity index (χ3n) is 4.83. The number of anilines is 1. The van der Waals surface area contributed by atoms with E-state index in [1.54, 1.807) is 12.1 Å². The van der Waals surface area contributed by atoms with E-state index in [1.165, 1.54) is 33.1 Å². The predicted molar refractivity (Wildman–Crippen MR) is 117 cm³/mol. The molecule has 0 spiro atoms. The fraction of sp³-hybridized carbons (Fsp3) is 0.409. The van der Waals surface area contributed by atoms with Gasteiger partial charge in [-0.3, -0.25) is 9.69 Å². The zero-order chi connectivity index (χ0) is 21.6. The molecule has 0 aromatic heterocycles. The third-order valence-corrected chi connectivity index (χ3v) is 6.90. The van der Waals surface area contributed by atoms with Gasteiger partial charge in [-0.05, 0) is 56.3 Å². The summed E-state index contributed by atoms with van der Waals surface area (Å²) in [5, 5.41) is 2.83. The van der Waals surface area contributed by atoms with Gasteiger partial charge in [-0.25, -0.2) is 8.42 Å². The number of sulfonamides is 1. The number of likely N-dealkylation sites (N-methyl/N-ethyl adjacent to an activating group) is 1. The van der Waals surface area contributed by atoms with Crippen LogP contribution in [0.5, 0.6) is 0 Å². The van der Waals surface area contributed by atoms with Crippen molar-refractivity contribution in [2.45, 2.75) is 39.1 Å². The van der Waals surface area contributed by atoms with Gasteiger partial charge in [0.1, 0.15) is 0 Å². The Kier molecular flexibility index (Phi) is 7.96. The summed E-state index contributed by atoms with van der Waals surface area (Å²) in [7, 11) is -1.59. The second kappa shape index (κ2) is 10.0. The van der Waals surface area contributed by atoms with Gasteiger partial charge < -0.3 is 5.32 Å². The highest BCUT2D eigenvalue weighted by Gasteiger charge is 2.21.